The maximum atomic E-state index is 9.70. The summed E-state index contributed by atoms with van der Waals surface area (Å²) in [5.41, 5.74) is 0. The minimum absolute atomic E-state index is 0.289. The lowest BCUT2D eigenvalue weighted by Crippen LogP contribution is -2.34. The fraction of sp³-hybridized carbons (Fsp3) is 0.692. The van der Waals surface area contributed by atoms with Crippen LogP contribution in [0.2, 0.25) is 0 Å². The number of furan rings is 1. The zero-order chi connectivity index (χ0) is 12.7. The third-order valence-corrected chi connectivity index (χ3v) is 2.73. The minimum atomic E-state index is -0.289. The smallest absolute Gasteiger partial charge is 0.118 e. The van der Waals surface area contributed by atoms with Crippen LogP contribution in [0.5, 0.6) is 0 Å². The van der Waals surface area contributed by atoms with Gasteiger partial charge in [-0.15, -0.1) is 0 Å². The van der Waals surface area contributed by atoms with Gasteiger partial charge in [0.2, 0.25) is 0 Å². The number of ether oxygens (including phenoxy) is 1. The summed E-state index contributed by atoms with van der Waals surface area (Å²) in [4.78, 5) is 2.15. The highest BCUT2D eigenvalue weighted by molar-refractivity contribution is 5.05. The number of hydrogen-bond acceptors (Lipinski definition) is 4. The van der Waals surface area contributed by atoms with Crippen LogP contribution in [-0.4, -0.2) is 42.9 Å². The second kappa shape index (κ2) is 7.48. The molecule has 98 valence electrons. The van der Waals surface area contributed by atoms with Gasteiger partial charge in [0.05, 0.1) is 19.3 Å². The van der Waals surface area contributed by atoms with Crippen molar-refractivity contribution in [2.75, 3.05) is 26.8 Å². The van der Waals surface area contributed by atoms with Gasteiger partial charge < -0.3 is 14.3 Å². The molecule has 1 heterocycles. The zero-order valence-electron chi connectivity index (χ0n) is 11.0. The van der Waals surface area contributed by atoms with Crippen molar-refractivity contribution >= 4 is 0 Å². The topological polar surface area (TPSA) is 45.8 Å². The van der Waals surface area contributed by atoms with Crippen molar-refractivity contribution in [2.24, 2.45) is 0 Å². The Morgan fingerprint density at radius 1 is 1.47 bits per heavy atom. The molecule has 1 atom stereocenters. The number of aliphatic hydroxyl groups excluding tert-OH is 1. The highest BCUT2D eigenvalue weighted by Gasteiger charge is 2.12. The summed E-state index contributed by atoms with van der Waals surface area (Å²) < 4.78 is 10.6. The number of aliphatic hydroxyl groups is 1. The van der Waals surface area contributed by atoms with Crippen LogP contribution in [0.15, 0.2) is 16.5 Å². The first kappa shape index (κ1) is 14.2. The second-order valence-electron chi connectivity index (χ2n) is 4.30. The molecule has 0 aromatic carbocycles. The molecule has 0 radical (unpaired) electrons. The molecule has 0 unspecified atom stereocenters. The summed E-state index contributed by atoms with van der Waals surface area (Å²) in [7, 11) is 1.69. The van der Waals surface area contributed by atoms with E-state index in [1.54, 1.807) is 7.11 Å². The van der Waals surface area contributed by atoms with Crippen molar-refractivity contribution in [2.45, 2.75) is 32.9 Å². The highest BCUT2D eigenvalue weighted by atomic mass is 16.5. The Morgan fingerprint density at radius 3 is 2.76 bits per heavy atom. The van der Waals surface area contributed by atoms with Gasteiger partial charge in [-0.2, -0.15) is 0 Å². The number of aryl methyl sites for hydroxylation is 1. The summed E-state index contributed by atoms with van der Waals surface area (Å²) in [5, 5.41) is 9.70. The molecule has 0 spiro atoms. The molecule has 0 bridgehead atoms. The fourth-order valence-electron chi connectivity index (χ4n) is 1.67. The van der Waals surface area contributed by atoms with Gasteiger partial charge in [0.25, 0.3) is 0 Å². The minimum Gasteiger partial charge on any atom is -0.465 e. The average molecular weight is 241 g/mol. The van der Waals surface area contributed by atoms with E-state index in [0.29, 0.717) is 19.7 Å². The van der Waals surface area contributed by atoms with Crippen molar-refractivity contribution in [1.82, 2.24) is 4.90 Å². The molecule has 0 aliphatic carbocycles. The molecule has 17 heavy (non-hydrogen) atoms. The van der Waals surface area contributed by atoms with Crippen molar-refractivity contribution in [3.8, 4) is 0 Å². The lowest BCUT2D eigenvalue weighted by atomic mass is 10.2. The number of hydrogen-bond donors (Lipinski definition) is 1. The Morgan fingerprint density at radius 2 is 2.24 bits per heavy atom. The highest BCUT2D eigenvalue weighted by Crippen LogP contribution is 2.10. The van der Waals surface area contributed by atoms with Crippen LogP contribution >= 0.6 is 0 Å². The fourth-order valence-corrected chi connectivity index (χ4v) is 1.67. The van der Waals surface area contributed by atoms with E-state index >= 15 is 0 Å². The number of rotatable bonds is 8. The first-order valence-electron chi connectivity index (χ1n) is 6.10. The largest absolute Gasteiger partial charge is 0.465 e. The summed E-state index contributed by atoms with van der Waals surface area (Å²) >= 11 is 0. The van der Waals surface area contributed by atoms with E-state index in [-0.39, 0.29) is 6.10 Å². The molecule has 4 nitrogen and oxygen atoms in total. The third-order valence-electron chi connectivity index (χ3n) is 2.73. The van der Waals surface area contributed by atoms with Crippen LogP contribution in [0.1, 0.15) is 24.9 Å². The zero-order valence-corrected chi connectivity index (χ0v) is 11.0. The first-order chi connectivity index (χ1) is 8.15. The van der Waals surface area contributed by atoms with Crippen molar-refractivity contribution in [3.05, 3.63) is 23.7 Å². The van der Waals surface area contributed by atoms with E-state index in [1.807, 2.05) is 26.0 Å². The lowest BCUT2D eigenvalue weighted by Gasteiger charge is -2.23. The first-order valence-corrected chi connectivity index (χ1v) is 6.10. The predicted molar refractivity (Wildman–Crippen MR) is 66.9 cm³/mol. The summed E-state index contributed by atoms with van der Waals surface area (Å²) in [6.07, 6.45) is 0.476. The van der Waals surface area contributed by atoms with Crippen LogP contribution < -0.4 is 0 Å². The van der Waals surface area contributed by atoms with Crippen molar-refractivity contribution in [1.29, 1.82) is 0 Å². The predicted octanol–water partition coefficient (Wildman–Crippen LogP) is 1.81. The molecule has 0 amide bonds. The molecule has 1 aromatic rings. The molecule has 4 heteroatoms. The molecular formula is C13H23NO3. The van der Waals surface area contributed by atoms with E-state index in [0.717, 1.165) is 24.5 Å². The van der Waals surface area contributed by atoms with E-state index < -0.39 is 0 Å². The SMILES string of the molecule is CC[C@@H](O)CN(CCOC)Cc1ccc(C)o1. The normalized spacial score (nSPS) is 13.2. The Bertz CT molecular complexity index is 311. The molecule has 1 rings (SSSR count). The molecule has 0 aliphatic heterocycles. The van der Waals surface area contributed by atoms with Gasteiger partial charge in [0, 0.05) is 20.2 Å². The maximum absolute atomic E-state index is 9.70. The quantitative estimate of drug-likeness (QED) is 0.754. The van der Waals surface area contributed by atoms with Gasteiger partial charge in [-0.1, -0.05) is 6.92 Å². The van der Waals surface area contributed by atoms with Crippen LogP contribution in [0.3, 0.4) is 0 Å². The average Bonchev–Trinajstić information content (AvgIpc) is 2.71. The van der Waals surface area contributed by atoms with Gasteiger partial charge in [-0.05, 0) is 25.5 Å². The molecule has 0 saturated carbocycles. The number of methoxy groups -OCH3 is 1. The lowest BCUT2D eigenvalue weighted by molar-refractivity contribution is 0.0792. The third kappa shape index (κ3) is 5.35. The van der Waals surface area contributed by atoms with Crippen LogP contribution in [0.25, 0.3) is 0 Å². The van der Waals surface area contributed by atoms with Gasteiger partial charge in [-0.25, -0.2) is 0 Å². The van der Waals surface area contributed by atoms with E-state index in [1.165, 1.54) is 0 Å². The number of nitrogens with zero attached hydrogens (tertiary/aromatic N) is 1. The molecule has 0 fully saturated rings. The monoisotopic (exact) mass is 241 g/mol. The molecule has 1 aromatic heterocycles. The van der Waals surface area contributed by atoms with Crippen molar-refractivity contribution in [3.63, 3.8) is 0 Å². The molecule has 0 aliphatic rings. The van der Waals surface area contributed by atoms with Crippen LogP contribution in [0, 0.1) is 6.92 Å². The second-order valence-corrected chi connectivity index (χ2v) is 4.30. The summed E-state index contributed by atoms with van der Waals surface area (Å²) in [6.45, 7) is 6.75. The van der Waals surface area contributed by atoms with Crippen molar-refractivity contribution < 1.29 is 14.3 Å². The summed E-state index contributed by atoms with van der Waals surface area (Å²) in [5.74, 6) is 1.85. The van der Waals surface area contributed by atoms with E-state index in [9.17, 15) is 5.11 Å². The maximum Gasteiger partial charge on any atom is 0.118 e. The van der Waals surface area contributed by atoms with Crippen LogP contribution in [-0.2, 0) is 11.3 Å². The van der Waals surface area contributed by atoms with Gasteiger partial charge in [0.1, 0.15) is 11.5 Å². The van der Waals surface area contributed by atoms with Crippen LogP contribution in [0.4, 0.5) is 0 Å². The van der Waals surface area contributed by atoms with Gasteiger partial charge in [-0.3, -0.25) is 4.90 Å². The summed E-state index contributed by atoms with van der Waals surface area (Å²) in [6, 6.07) is 3.94. The molecular weight excluding hydrogens is 218 g/mol. The Hall–Kier alpha value is -0.840. The van der Waals surface area contributed by atoms with Gasteiger partial charge >= 0.3 is 0 Å². The van der Waals surface area contributed by atoms with E-state index in [2.05, 4.69) is 4.90 Å². The standard InChI is InChI=1S/C13H23NO3/c1-4-12(15)9-14(7-8-16-3)10-13-6-5-11(2)17-13/h5-6,12,15H,4,7-10H2,1-3H3/t12-/m1/s1. The Labute approximate surface area is 103 Å². The molecule has 1 N–H and O–H groups in total. The van der Waals surface area contributed by atoms with E-state index in [4.69, 9.17) is 9.15 Å². The Kier molecular flexibility index (Phi) is 6.26. The Balaban J connectivity index is 2.50. The van der Waals surface area contributed by atoms with Gasteiger partial charge in [0.15, 0.2) is 0 Å². The molecule has 0 saturated heterocycles.